The molecule has 1 aromatic rings. The van der Waals surface area contributed by atoms with E-state index >= 15 is 0 Å². The molecule has 0 saturated heterocycles. The number of esters is 1. The maximum Gasteiger partial charge on any atom is 0.340 e. The van der Waals surface area contributed by atoms with E-state index in [1.807, 2.05) is 0 Å². The van der Waals surface area contributed by atoms with Crippen molar-refractivity contribution < 1.29 is 14.3 Å². The van der Waals surface area contributed by atoms with E-state index < -0.39 is 5.97 Å². The summed E-state index contributed by atoms with van der Waals surface area (Å²) >= 11 is 5.88. The van der Waals surface area contributed by atoms with Crippen molar-refractivity contribution in [2.75, 3.05) is 19.5 Å². The van der Waals surface area contributed by atoms with Gasteiger partial charge in [0, 0.05) is 0 Å². The maximum absolute atomic E-state index is 11.4. The van der Waals surface area contributed by atoms with E-state index in [2.05, 4.69) is 0 Å². The maximum atomic E-state index is 11.4. The minimum atomic E-state index is -0.487. The predicted molar refractivity (Wildman–Crippen MR) is 58.4 cm³/mol. The summed E-state index contributed by atoms with van der Waals surface area (Å²) in [6.07, 6.45) is 0. The van der Waals surface area contributed by atoms with Crippen molar-refractivity contribution in [2.45, 2.75) is 6.92 Å². The molecule has 5 heteroatoms. The average molecular weight is 230 g/mol. The average Bonchev–Trinajstić information content (AvgIpc) is 2.22. The lowest BCUT2D eigenvalue weighted by atomic mass is 10.1. The van der Waals surface area contributed by atoms with Crippen LogP contribution < -0.4 is 10.5 Å². The zero-order valence-corrected chi connectivity index (χ0v) is 9.30. The van der Waals surface area contributed by atoms with Gasteiger partial charge in [-0.1, -0.05) is 11.6 Å². The van der Waals surface area contributed by atoms with Crippen LogP contribution in [0.25, 0.3) is 0 Å². The first-order valence-corrected chi connectivity index (χ1v) is 4.78. The van der Waals surface area contributed by atoms with Crippen LogP contribution in [-0.2, 0) is 4.74 Å². The molecule has 0 heterocycles. The van der Waals surface area contributed by atoms with Crippen molar-refractivity contribution in [1.29, 1.82) is 0 Å². The minimum absolute atomic E-state index is 0.175. The number of carbonyl (C=O) groups excluding carboxylic acids is 1. The van der Waals surface area contributed by atoms with Crippen LogP contribution >= 0.6 is 11.6 Å². The predicted octanol–water partition coefficient (Wildman–Crippen LogP) is 2.11. The molecule has 0 bridgehead atoms. The van der Waals surface area contributed by atoms with Crippen molar-refractivity contribution in [1.82, 2.24) is 0 Å². The van der Waals surface area contributed by atoms with E-state index in [-0.39, 0.29) is 16.3 Å². The van der Waals surface area contributed by atoms with Gasteiger partial charge in [-0.15, -0.1) is 0 Å². The van der Waals surface area contributed by atoms with Crippen LogP contribution in [0.3, 0.4) is 0 Å². The van der Waals surface area contributed by atoms with Gasteiger partial charge in [-0.05, 0) is 19.1 Å². The molecule has 0 aliphatic carbocycles. The monoisotopic (exact) mass is 229 g/mol. The third-order valence-corrected chi connectivity index (χ3v) is 2.25. The number of anilines is 1. The zero-order chi connectivity index (χ0) is 11.4. The van der Waals surface area contributed by atoms with Crippen LogP contribution in [0.15, 0.2) is 12.1 Å². The van der Waals surface area contributed by atoms with E-state index in [9.17, 15) is 4.79 Å². The first kappa shape index (κ1) is 11.7. The number of nitrogen functional groups attached to an aromatic ring is 1. The number of methoxy groups -OCH3 is 1. The molecule has 0 amide bonds. The molecule has 0 fully saturated rings. The SMILES string of the molecule is CCOC(=O)c1ccc(OC)c(Cl)c1N. The topological polar surface area (TPSA) is 61.5 Å². The standard InChI is InChI=1S/C10H12ClNO3/c1-3-15-10(13)6-4-5-7(14-2)8(11)9(6)12/h4-5H,3,12H2,1-2H3. The Kier molecular flexibility index (Phi) is 3.80. The zero-order valence-electron chi connectivity index (χ0n) is 8.54. The molecule has 0 radical (unpaired) electrons. The van der Waals surface area contributed by atoms with Gasteiger partial charge >= 0.3 is 5.97 Å². The summed E-state index contributed by atoms with van der Waals surface area (Å²) in [5.74, 6) is -0.0539. The van der Waals surface area contributed by atoms with Crippen molar-refractivity contribution in [3.8, 4) is 5.75 Å². The lowest BCUT2D eigenvalue weighted by molar-refractivity contribution is 0.0527. The van der Waals surface area contributed by atoms with Gasteiger partial charge in [-0.25, -0.2) is 4.79 Å². The highest BCUT2D eigenvalue weighted by Gasteiger charge is 2.15. The Morgan fingerprint density at radius 1 is 1.53 bits per heavy atom. The fraction of sp³-hybridized carbons (Fsp3) is 0.300. The molecule has 1 aromatic carbocycles. The van der Waals surface area contributed by atoms with Crippen molar-refractivity contribution in [3.05, 3.63) is 22.7 Å². The van der Waals surface area contributed by atoms with Crippen molar-refractivity contribution >= 4 is 23.3 Å². The van der Waals surface area contributed by atoms with Gasteiger partial charge in [-0.3, -0.25) is 0 Å². The summed E-state index contributed by atoms with van der Waals surface area (Å²) in [5, 5.41) is 0.225. The lowest BCUT2D eigenvalue weighted by Gasteiger charge is -2.09. The highest BCUT2D eigenvalue weighted by atomic mass is 35.5. The van der Waals surface area contributed by atoms with Gasteiger partial charge in [0.25, 0.3) is 0 Å². The van der Waals surface area contributed by atoms with Gasteiger partial charge in [0.2, 0.25) is 0 Å². The normalized spacial score (nSPS) is 9.80. The van der Waals surface area contributed by atoms with Crippen molar-refractivity contribution in [3.63, 3.8) is 0 Å². The number of hydrogen-bond donors (Lipinski definition) is 1. The molecular formula is C10H12ClNO3. The molecule has 0 saturated carbocycles. The van der Waals surface area contributed by atoms with E-state index in [0.29, 0.717) is 12.4 Å². The molecule has 0 aliphatic rings. The number of benzene rings is 1. The second-order valence-electron chi connectivity index (χ2n) is 2.76. The molecule has 82 valence electrons. The summed E-state index contributed by atoms with van der Waals surface area (Å²) in [4.78, 5) is 11.4. The molecule has 4 nitrogen and oxygen atoms in total. The Balaban J connectivity index is 3.11. The smallest absolute Gasteiger partial charge is 0.340 e. The number of halogens is 1. The number of carbonyl (C=O) groups is 1. The van der Waals surface area contributed by atoms with E-state index in [0.717, 1.165) is 0 Å². The van der Waals surface area contributed by atoms with E-state index in [1.165, 1.54) is 13.2 Å². The Bertz CT molecular complexity index is 379. The van der Waals surface area contributed by atoms with Crippen LogP contribution in [0, 0.1) is 0 Å². The number of ether oxygens (including phenoxy) is 2. The molecule has 0 aliphatic heterocycles. The third-order valence-electron chi connectivity index (χ3n) is 1.86. The molecule has 0 aromatic heterocycles. The quantitative estimate of drug-likeness (QED) is 0.637. The largest absolute Gasteiger partial charge is 0.495 e. The summed E-state index contributed by atoms with van der Waals surface area (Å²) < 4.78 is 9.78. The summed E-state index contributed by atoms with van der Waals surface area (Å²) in [6, 6.07) is 3.10. The fourth-order valence-corrected chi connectivity index (χ4v) is 1.36. The fourth-order valence-electron chi connectivity index (χ4n) is 1.12. The molecule has 15 heavy (non-hydrogen) atoms. The van der Waals surface area contributed by atoms with Gasteiger partial charge < -0.3 is 15.2 Å². The van der Waals surface area contributed by atoms with Crippen LogP contribution in [0.4, 0.5) is 5.69 Å². The van der Waals surface area contributed by atoms with Crippen LogP contribution in [0.5, 0.6) is 5.75 Å². The van der Waals surface area contributed by atoms with Gasteiger partial charge in [0.15, 0.2) is 0 Å². The first-order valence-electron chi connectivity index (χ1n) is 4.40. The molecule has 1 rings (SSSR count). The highest BCUT2D eigenvalue weighted by Crippen LogP contribution is 2.32. The Morgan fingerprint density at radius 3 is 2.73 bits per heavy atom. The molecule has 2 N–H and O–H groups in total. The Hall–Kier alpha value is -1.42. The number of rotatable bonds is 3. The minimum Gasteiger partial charge on any atom is -0.495 e. The lowest BCUT2D eigenvalue weighted by Crippen LogP contribution is -2.08. The van der Waals surface area contributed by atoms with E-state index in [1.54, 1.807) is 13.0 Å². The molecule has 0 spiro atoms. The van der Waals surface area contributed by atoms with Gasteiger partial charge in [0.05, 0.1) is 25.0 Å². The first-order chi connectivity index (χ1) is 7.11. The molecular weight excluding hydrogens is 218 g/mol. The van der Waals surface area contributed by atoms with Crippen LogP contribution in [0.1, 0.15) is 17.3 Å². The van der Waals surface area contributed by atoms with Crippen LogP contribution in [0.2, 0.25) is 5.02 Å². The van der Waals surface area contributed by atoms with Gasteiger partial charge in [-0.2, -0.15) is 0 Å². The number of nitrogens with two attached hydrogens (primary N) is 1. The Labute approximate surface area is 92.9 Å². The molecule has 0 unspecified atom stereocenters. The van der Waals surface area contributed by atoms with Crippen LogP contribution in [-0.4, -0.2) is 19.7 Å². The van der Waals surface area contributed by atoms with E-state index in [4.69, 9.17) is 26.8 Å². The van der Waals surface area contributed by atoms with Gasteiger partial charge in [0.1, 0.15) is 10.8 Å². The third kappa shape index (κ3) is 2.33. The number of hydrogen-bond acceptors (Lipinski definition) is 4. The second-order valence-corrected chi connectivity index (χ2v) is 3.14. The summed E-state index contributed by atoms with van der Waals surface area (Å²) in [7, 11) is 1.48. The van der Waals surface area contributed by atoms with Crippen molar-refractivity contribution in [2.24, 2.45) is 0 Å². The Morgan fingerprint density at radius 2 is 2.20 bits per heavy atom. The highest BCUT2D eigenvalue weighted by molar-refractivity contribution is 6.35. The second kappa shape index (κ2) is 4.89. The molecule has 0 atom stereocenters. The summed E-state index contributed by atoms with van der Waals surface area (Å²) in [5.41, 5.74) is 6.11. The summed E-state index contributed by atoms with van der Waals surface area (Å²) in [6.45, 7) is 2.02.